The second kappa shape index (κ2) is 6.10. The third-order valence-corrected chi connectivity index (χ3v) is 6.13. The summed E-state index contributed by atoms with van der Waals surface area (Å²) in [6.45, 7) is 4.12. The van der Waals surface area contributed by atoms with Crippen molar-refractivity contribution in [3.8, 4) is 0 Å². The molecule has 118 valence electrons. The molecule has 21 heavy (non-hydrogen) atoms. The molecular formula is C14H20ClFN2O2S. The summed E-state index contributed by atoms with van der Waals surface area (Å²) in [5.74, 6) is -0.243. The van der Waals surface area contributed by atoms with E-state index in [2.05, 4.69) is 11.6 Å². The lowest BCUT2D eigenvalue weighted by atomic mass is 9.94. The number of nitrogens with two attached hydrogens (primary N) is 1. The topological polar surface area (TPSA) is 72.2 Å². The Bertz CT molecular complexity index is 636. The molecular weight excluding hydrogens is 315 g/mol. The number of benzene rings is 1. The van der Waals surface area contributed by atoms with E-state index in [4.69, 9.17) is 17.3 Å². The van der Waals surface area contributed by atoms with Crippen LogP contribution in [0.4, 0.5) is 10.1 Å². The summed E-state index contributed by atoms with van der Waals surface area (Å²) in [5, 5.41) is -0.290. The molecule has 0 saturated heterocycles. The number of anilines is 1. The van der Waals surface area contributed by atoms with Crippen molar-refractivity contribution in [1.82, 2.24) is 4.72 Å². The molecule has 1 fully saturated rings. The van der Waals surface area contributed by atoms with Gasteiger partial charge in [-0.25, -0.2) is 17.5 Å². The highest BCUT2D eigenvalue weighted by Gasteiger charge is 2.35. The van der Waals surface area contributed by atoms with Gasteiger partial charge in [0, 0.05) is 11.7 Å². The van der Waals surface area contributed by atoms with E-state index in [1.54, 1.807) is 0 Å². The number of hydrogen-bond donors (Lipinski definition) is 2. The van der Waals surface area contributed by atoms with Crippen molar-refractivity contribution in [2.45, 2.75) is 44.0 Å². The van der Waals surface area contributed by atoms with Crippen molar-refractivity contribution in [2.24, 2.45) is 11.8 Å². The minimum Gasteiger partial charge on any atom is -0.399 e. The summed E-state index contributed by atoms with van der Waals surface area (Å²) in [4.78, 5) is -0.486. The molecule has 7 heteroatoms. The average Bonchev–Trinajstić information content (AvgIpc) is 2.74. The largest absolute Gasteiger partial charge is 0.399 e. The van der Waals surface area contributed by atoms with Crippen molar-refractivity contribution in [1.29, 1.82) is 0 Å². The Balaban J connectivity index is 2.28. The maximum absolute atomic E-state index is 14.0. The molecule has 0 spiro atoms. The van der Waals surface area contributed by atoms with Crippen molar-refractivity contribution in [3.05, 3.63) is 23.0 Å². The summed E-state index contributed by atoms with van der Waals surface area (Å²) in [7, 11) is -3.97. The van der Waals surface area contributed by atoms with Crippen LogP contribution in [0.1, 0.15) is 33.1 Å². The van der Waals surface area contributed by atoms with E-state index in [0.29, 0.717) is 5.92 Å². The minimum absolute atomic E-state index is 0.118. The number of nitrogen functional groups attached to an aromatic ring is 1. The van der Waals surface area contributed by atoms with E-state index < -0.39 is 20.7 Å². The van der Waals surface area contributed by atoms with Gasteiger partial charge in [-0.15, -0.1) is 0 Å². The van der Waals surface area contributed by atoms with Crippen LogP contribution in [0.15, 0.2) is 17.0 Å². The Morgan fingerprint density at radius 2 is 2.10 bits per heavy atom. The summed E-state index contributed by atoms with van der Waals surface area (Å²) in [5.41, 5.74) is 5.68. The quantitative estimate of drug-likeness (QED) is 0.831. The van der Waals surface area contributed by atoms with E-state index in [1.165, 1.54) is 6.07 Å². The van der Waals surface area contributed by atoms with Crippen LogP contribution < -0.4 is 10.5 Å². The molecule has 1 saturated carbocycles. The zero-order valence-electron chi connectivity index (χ0n) is 12.1. The van der Waals surface area contributed by atoms with Gasteiger partial charge in [0.2, 0.25) is 10.0 Å². The lowest BCUT2D eigenvalue weighted by Crippen LogP contribution is -2.37. The minimum atomic E-state index is -3.97. The van der Waals surface area contributed by atoms with Crippen LogP contribution in [0.3, 0.4) is 0 Å². The van der Waals surface area contributed by atoms with Crippen LogP contribution in [-0.2, 0) is 10.0 Å². The summed E-state index contributed by atoms with van der Waals surface area (Å²) >= 11 is 5.67. The molecule has 0 amide bonds. The third-order valence-electron chi connectivity index (χ3n) is 4.36. The molecule has 0 aliphatic heterocycles. The second-order valence-corrected chi connectivity index (χ2v) is 7.74. The van der Waals surface area contributed by atoms with Gasteiger partial charge in [0.25, 0.3) is 0 Å². The van der Waals surface area contributed by atoms with Gasteiger partial charge in [-0.2, -0.15) is 0 Å². The Hall–Kier alpha value is -0.850. The SMILES string of the molecule is CCC1CCC(NS(=O)(=O)c2cc(N)cc(Cl)c2F)C1C. The van der Waals surface area contributed by atoms with Crippen molar-refractivity contribution >= 4 is 27.3 Å². The predicted molar refractivity (Wildman–Crippen MR) is 82.1 cm³/mol. The standard InChI is InChI=1S/C14H20ClFN2O2S/c1-3-9-4-5-12(8(9)2)18-21(19,20)13-7-10(17)6-11(15)14(13)16/h6-9,12,18H,3-5,17H2,1-2H3. The van der Waals surface area contributed by atoms with Gasteiger partial charge >= 0.3 is 0 Å². The summed E-state index contributed by atoms with van der Waals surface area (Å²) < 4.78 is 41.4. The van der Waals surface area contributed by atoms with Gasteiger partial charge < -0.3 is 5.73 Å². The maximum Gasteiger partial charge on any atom is 0.243 e. The molecule has 0 radical (unpaired) electrons. The highest BCUT2D eigenvalue weighted by atomic mass is 35.5. The van der Waals surface area contributed by atoms with Crippen LogP contribution in [-0.4, -0.2) is 14.5 Å². The normalized spacial score (nSPS) is 26.2. The second-order valence-electron chi connectivity index (χ2n) is 5.65. The molecule has 0 aromatic heterocycles. The zero-order valence-corrected chi connectivity index (χ0v) is 13.6. The molecule has 0 bridgehead atoms. The van der Waals surface area contributed by atoms with Crippen LogP contribution in [0.2, 0.25) is 5.02 Å². The van der Waals surface area contributed by atoms with Crippen molar-refractivity contribution in [3.63, 3.8) is 0 Å². The smallest absolute Gasteiger partial charge is 0.243 e. The van der Waals surface area contributed by atoms with Crippen LogP contribution >= 0.6 is 11.6 Å². The Morgan fingerprint density at radius 1 is 1.43 bits per heavy atom. The average molecular weight is 335 g/mol. The maximum atomic E-state index is 14.0. The molecule has 2 rings (SSSR count). The fraction of sp³-hybridized carbons (Fsp3) is 0.571. The zero-order chi connectivity index (χ0) is 15.8. The first kappa shape index (κ1) is 16.5. The molecule has 3 atom stereocenters. The van der Waals surface area contributed by atoms with Crippen LogP contribution in [0, 0.1) is 17.7 Å². The number of nitrogens with one attached hydrogen (secondary N) is 1. The summed E-state index contributed by atoms with van der Waals surface area (Å²) in [6, 6.07) is 2.11. The van der Waals surface area contributed by atoms with E-state index in [1.807, 2.05) is 6.92 Å². The molecule has 1 aromatic rings. The van der Waals surface area contributed by atoms with Gasteiger partial charge in [0.1, 0.15) is 4.90 Å². The van der Waals surface area contributed by atoms with E-state index in [0.717, 1.165) is 25.3 Å². The lowest BCUT2D eigenvalue weighted by Gasteiger charge is -2.21. The molecule has 1 aliphatic carbocycles. The van der Waals surface area contributed by atoms with Crippen LogP contribution in [0.25, 0.3) is 0 Å². The fourth-order valence-corrected chi connectivity index (χ4v) is 4.81. The van der Waals surface area contributed by atoms with E-state index in [-0.39, 0.29) is 22.7 Å². The fourth-order valence-electron chi connectivity index (χ4n) is 3.03. The molecule has 3 N–H and O–H groups in total. The Morgan fingerprint density at radius 3 is 2.67 bits per heavy atom. The highest BCUT2D eigenvalue weighted by molar-refractivity contribution is 7.89. The van der Waals surface area contributed by atoms with Gasteiger partial charge in [-0.3, -0.25) is 0 Å². The third kappa shape index (κ3) is 3.33. The monoisotopic (exact) mass is 334 g/mol. The number of hydrogen-bond acceptors (Lipinski definition) is 3. The van der Waals surface area contributed by atoms with Crippen molar-refractivity contribution < 1.29 is 12.8 Å². The Kier molecular flexibility index (Phi) is 4.80. The van der Waals surface area contributed by atoms with Crippen LogP contribution in [0.5, 0.6) is 0 Å². The number of halogens is 2. The lowest BCUT2D eigenvalue weighted by molar-refractivity contribution is 0.368. The van der Waals surface area contributed by atoms with Gasteiger partial charge in [-0.05, 0) is 36.8 Å². The van der Waals surface area contributed by atoms with Gasteiger partial charge in [0.15, 0.2) is 5.82 Å². The predicted octanol–water partition coefficient (Wildman–Crippen LogP) is 3.16. The van der Waals surface area contributed by atoms with Gasteiger partial charge in [-0.1, -0.05) is 31.9 Å². The highest BCUT2D eigenvalue weighted by Crippen LogP contribution is 2.35. The molecule has 1 aliphatic rings. The first-order valence-electron chi connectivity index (χ1n) is 7.03. The van der Waals surface area contributed by atoms with Crippen molar-refractivity contribution in [2.75, 3.05) is 5.73 Å². The first-order chi connectivity index (χ1) is 9.76. The molecule has 0 heterocycles. The van der Waals surface area contributed by atoms with Gasteiger partial charge in [0.05, 0.1) is 5.02 Å². The van der Waals surface area contributed by atoms with E-state index >= 15 is 0 Å². The Labute approximate surface area is 129 Å². The van der Waals surface area contributed by atoms with E-state index in [9.17, 15) is 12.8 Å². The molecule has 4 nitrogen and oxygen atoms in total. The molecule has 3 unspecified atom stereocenters. The number of sulfonamides is 1. The number of rotatable bonds is 4. The first-order valence-corrected chi connectivity index (χ1v) is 8.89. The molecule has 1 aromatic carbocycles. The summed E-state index contributed by atoms with van der Waals surface area (Å²) in [6.07, 6.45) is 2.75.